The summed E-state index contributed by atoms with van der Waals surface area (Å²) in [6, 6.07) is 6.60. The third-order valence-electron chi connectivity index (χ3n) is 2.85. The number of benzene rings is 1. The number of ether oxygens (including phenoxy) is 1. The van der Waals surface area contributed by atoms with Gasteiger partial charge in [0.05, 0.1) is 11.0 Å². The van der Waals surface area contributed by atoms with Gasteiger partial charge in [-0.05, 0) is 17.7 Å². The molecule has 1 aromatic heterocycles. The zero-order valence-corrected chi connectivity index (χ0v) is 12.3. The van der Waals surface area contributed by atoms with Crippen molar-refractivity contribution in [1.29, 1.82) is 0 Å². The first-order chi connectivity index (χ1) is 11.6. The fraction of sp³-hybridized carbons (Fsp3) is 0.143. The number of rotatable bonds is 5. The first-order valence-electron chi connectivity index (χ1n) is 6.62. The van der Waals surface area contributed by atoms with Gasteiger partial charge in [0.2, 0.25) is 5.88 Å². The predicted molar refractivity (Wildman–Crippen MR) is 77.3 cm³/mol. The molecule has 0 radical (unpaired) electrons. The number of carboxylic acid groups (broad SMARTS) is 1. The average Bonchev–Trinajstić information content (AvgIpc) is 2.52. The summed E-state index contributed by atoms with van der Waals surface area (Å²) in [7, 11) is 0. The van der Waals surface area contributed by atoms with Crippen LogP contribution in [0.2, 0.25) is 0 Å². The average molecular weight is 357 g/mol. The topological polar surface area (TPSA) is 115 Å². The molecule has 0 aliphatic rings. The number of nitro benzene ring substituents is 1. The molecule has 1 aromatic carbocycles. The molecule has 2 N–H and O–H groups in total. The summed E-state index contributed by atoms with van der Waals surface area (Å²) in [5.41, 5.74) is -1.62. The molecule has 0 atom stereocenters. The summed E-state index contributed by atoms with van der Waals surface area (Å²) in [6.07, 6.45) is -6.19. The molecule has 0 bridgehead atoms. The van der Waals surface area contributed by atoms with E-state index in [0.717, 1.165) is 12.1 Å². The van der Waals surface area contributed by atoms with Crippen molar-refractivity contribution in [2.45, 2.75) is 12.7 Å². The number of alkyl halides is 3. The van der Waals surface area contributed by atoms with Crippen LogP contribution in [-0.4, -0.2) is 21.1 Å². The minimum absolute atomic E-state index is 0.0369. The maximum atomic E-state index is 12.9. The molecule has 2 aromatic rings. The zero-order valence-electron chi connectivity index (χ0n) is 12.3. The van der Waals surface area contributed by atoms with Crippen LogP contribution in [0.25, 0.3) is 0 Å². The fourth-order valence-electron chi connectivity index (χ4n) is 1.82. The number of hydrogen-bond acceptors (Lipinski definition) is 5. The number of nitrogens with zero attached hydrogens (tertiary/aromatic N) is 2. The molecule has 132 valence electrons. The van der Waals surface area contributed by atoms with Gasteiger partial charge in [-0.25, -0.2) is 9.78 Å². The molecule has 1 amide bonds. The molecule has 2 rings (SSSR count). The number of carbonyl (C=O) groups is 1. The number of hydrogen-bond donors (Lipinski definition) is 2. The van der Waals surface area contributed by atoms with Crippen molar-refractivity contribution in [3.8, 4) is 11.6 Å². The lowest BCUT2D eigenvalue weighted by Gasteiger charge is -2.12. The second-order valence-electron chi connectivity index (χ2n) is 4.71. The van der Waals surface area contributed by atoms with Crippen molar-refractivity contribution in [1.82, 2.24) is 10.3 Å². The van der Waals surface area contributed by atoms with E-state index in [4.69, 9.17) is 9.84 Å². The highest BCUT2D eigenvalue weighted by Gasteiger charge is 2.33. The van der Waals surface area contributed by atoms with Gasteiger partial charge in [-0.15, -0.1) is 0 Å². The molecular weight excluding hydrogens is 347 g/mol. The van der Waals surface area contributed by atoms with Crippen molar-refractivity contribution >= 4 is 11.8 Å². The van der Waals surface area contributed by atoms with E-state index in [2.05, 4.69) is 4.98 Å². The summed E-state index contributed by atoms with van der Waals surface area (Å²) in [5.74, 6) is -0.560. The van der Waals surface area contributed by atoms with Gasteiger partial charge in [0, 0.05) is 18.7 Å². The highest BCUT2D eigenvalue weighted by molar-refractivity contribution is 5.64. The number of aromatic nitrogens is 1. The van der Waals surface area contributed by atoms with Crippen molar-refractivity contribution in [2.24, 2.45) is 0 Å². The van der Waals surface area contributed by atoms with Crippen LogP contribution in [0.15, 0.2) is 36.4 Å². The largest absolute Gasteiger partial charge is 0.465 e. The number of nitro groups is 1. The Balaban J connectivity index is 2.35. The van der Waals surface area contributed by atoms with E-state index in [1.165, 1.54) is 18.2 Å². The smallest absolute Gasteiger partial charge is 0.433 e. The van der Waals surface area contributed by atoms with Crippen molar-refractivity contribution < 1.29 is 32.7 Å². The normalized spacial score (nSPS) is 11.0. The minimum Gasteiger partial charge on any atom is -0.465 e. The Kier molecular flexibility index (Phi) is 5.05. The molecule has 0 aliphatic carbocycles. The van der Waals surface area contributed by atoms with E-state index in [1.807, 2.05) is 5.32 Å². The van der Waals surface area contributed by atoms with Crippen LogP contribution in [0, 0.1) is 10.1 Å². The first-order valence-corrected chi connectivity index (χ1v) is 6.62. The third-order valence-corrected chi connectivity index (χ3v) is 2.85. The zero-order chi connectivity index (χ0) is 18.6. The summed E-state index contributed by atoms with van der Waals surface area (Å²) in [5, 5.41) is 21.2. The molecule has 25 heavy (non-hydrogen) atoms. The molecule has 11 heteroatoms. The Morgan fingerprint density at radius 2 is 2.04 bits per heavy atom. The molecule has 1 heterocycles. The van der Waals surface area contributed by atoms with Crippen LogP contribution in [0.5, 0.6) is 11.6 Å². The number of amides is 1. The van der Waals surface area contributed by atoms with E-state index < -0.39 is 35.3 Å². The number of non-ortho nitro benzene ring substituents is 1. The molecule has 0 spiro atoms. The third kappa shape index (κ3) is 5.06. The van der Waals surface area contributed by atoms with E-state index in [0.29, 0.717) is 6.07 Å². The molecule has 0 saturated heterocycles. The van der Waals surface area contributed by atoms with Gasteiger partial charge in [-0.2, -0.15) is 13.2 Å². The lowest BCUT2D eigenvalue weighted by molar-refractivity contribution is -0.384. The highest BCUT2D eigenvalue weighted by Crippen LogP contribution is 2.32. The van der Waals surface area contributed by atoms with Gasteiger partial charge in [-0.3, -0.25) is 10.1 Å². The molecular formula is C14H10F3N3O5. The van der Waals surface area contributed by atoms with Crippen molar-refractivity contribution in [3.05, 3.63) is 57.8 Å². The van der Waals surface area contributed by atoms with Gasteiger partial charge < -0.3 is 15.2 Å². The van der Waals surface area contributed by atoms with E-state index in [9.17, 15) is 28.1 Å². The fourth-order valence-corrected chi connectivity index (χ4v) is 1.82. The summed E-state index contributed by atoms with van der Waals surface area (Å²) >= 11 is 0. The van der Waals surface area contributed by atoms with Crippen LogP contribution >= 0.6 is 0 Å². The monoisotopic (exact) mass is 357 g/mol. The summed E-state index contributed by atoms with van der Waals surface area (Å²) in [4.78, 5) is 23.8. The second-order valence-corrected chi connectivity index (χ2v) is 4.71. The Hall–Kier alpha value is -3.37. The lowest BCUT2D eigenvalue weighted by Crippen LogP contribution is -2.20. The lowest BCUT2D eigenvalue weighted by atomic mass is 10.2. The number of pyridine rings is 1. The maximum Gasteiger partial charge on any atom is 0.433 e. The van der Waals surface area contributed by atoms with Gasteiger partial charge in [0.15, 0.2) is 0 Å². The Labute approximate surface area is 138 Å². The van der Waals surface area contributed by atoms with Crippen LogP contribution < -0.4 is 10.1 Å². The second kappa shape index (κ2) is 7.03. The highest BCUT2D eigenvalue weighted by atomic mass is 19.4. The first kappa shape index (κ1) is 18.0. The maximum absolute atomic E-state index is 12.9. The van der Waals surface area contributed by atoms with E-state index in [-0.39, 0.29) is 17.0 Å². The van der Waals surface area contributed by atoms with Gasteiger partial charge in [-0.1, -0.05) is 6.07 Å². The Bertz CT molecular complexity index is 811. The van der Waals surface area contributed by atoms with Gasteiger partial charge in [0.1, 0.15) is 11.4 Å². The SMILES string of the molecule is O=C(O)NCc1cc(Oc2cccc([N+](=O)[O-])c2)nc(C(F)(F)F)c1. The molecule has 8 nitrogen and oxygen atoms in total. The minimum atomic E-state index is -4.78. The summed E-state index contributed by atoms with van der Waals surface area (Å²) < 4.78 is 43.9. The Morgan fingerprint density at radius 1 is 1.32 bits per heavy atom. The van der Waals surface area contributed by atoms with Gasteiger partial charge in [0.25, 0.3) is 5.69 Å². The van der Waals surface area contributed by atoms with Crippen LogP contribution in [0.3, 0.4) is 0 Å². The van der Waals surface area contributed by atoms with Crippen LogP contribution in [-0.2, 0) is 12.7 Å². The molecule has 0 saturated carbocycles. The predicted octanol–water partition coefficient (Wildman–Crippen LogP) is 3.57. The van der Waals surface area contributed by atoms with Crippen LogP contribution in [0.1, 0.15) is 11.3 Å². The summed E-state index contributed by atoms with van der Waals surface area (Å²) in [6.45, 7) is -0.397. The van der Waals surface area contributed by atoms with Gasteiger partial charge >= 0.3 is 12.3 Å². The van der Waals surface area contributed by atoms with Crippen LogP contribution in [0.4, 0.5) is 23.7 Å². The molecule has 0 fully saturated rings. The van der Waals surface area contributed by atoms with Crippen molar-refractivity contribution in [3.63, 3.8) is 0 Å². The quantitative estimate of drug-likeness (QED) is 0.624. The Morgan fingerprint density at radius 3 is 2.64 bits per heavy atom. The number of nitrogens with one attached hydrogen (secondary N) is 1. The molecule has 0 aliphatic heterocycles. The number of halogens is 3. The standard InChI is InChI=1S/C14H10F3N3O5/c15-14(16,17)11-4-8(7-18-13(21)22)5-12(19-11)25-10-3-1-2-9(6-10)20(23)24/h1-6,18H,7H2,(H,21,22). The molecule has 0 unspecified atom stereocenters. The van der Waals surface area contributed by atoms with E-state index >= 15 is 0 Å². The van der Waals surface area contributed by atoms with E-state index in [1.54, 1.807) is 0 Å². The van der Waals surface area contributed by atoms with Crippen molar-refractivity contribution in [2.75, 3.05) is 0 Å².